The van der Waals surface area contributed by atoms with Gasteiger partial charge in [0.15, 0.2) is 0 Å². The summed E-state index contributed by atoms with van der Waals surface area (Å²) in [6, 6.07) is 7.01. The molecule has 2 fully saturated rings. The predicted octanol–water partition coefficient (Wildman–Crippen LogP) is 3.20. The van der Waals surface area contributed by atoms with Crippen molar-refractivity contribution in [3.63, 3.8) is 0 Å². The van der Waals surface area contributed by atoms with Gasteiger partial charge in [0.2, 0.25) is 0 Å². The minimum Gasteiger partial charge on any atom is -0.372 e. The molecule has 0 radical (unpaired) electrons. The van der Waals surface area contributed by atoms with Gasteiger partial charge >= 0.3 is 0 Å². The molecule has 17 heavy (non-hydrogen) atoms. The van der Waals surface area contributed by atoms with Crippen LogP contribution in [0.5, 0.6) is 0 Å². The Morgan fingerprint density at radius 1 is 0.824 bits per heavy atom. The quantitative estimate of drug-likeness (QED) is 0.770. The van der Waals surface area contributed by atoms with Gasteiger partial charge in [0.05, 0.1) is 0 Å². The van der Waals surface area contributed by atoms with Crippen LogP contribution in [0.25, 0.3) is 0 Å². The summed E-state index contributed by atoms with van der Waals surface area (Å²) in [6.45, 7) is 7.21. The summed E-state index contributed by atoms with van der Waals surface area (Å²) in [5.74, 6) is 0. The van der Waals surface area contributed by atoms with Crippen molar-refractivity contribution in [3.05, 3.63) is 23.8 Å². The second-order valence-corrected chi connectivity index (χ2v) is 5.36. The Kier molecular flexibility index (Phi) is 2.96. The van der Waals surface area contributed by atoms with Crippen molar-refractivity contribution in [2.24, 2.45) is 0 Å². The van der Waals surface area contributed by atoms with Gasteiger partial charge in [-0.3, -0.25) is 0 Å². The summed E-state index contributed by atoms with van der Waals surface area (Å²) < 4.78 is 0. The average molecular weight is 230 g/mol. The Bertz CT molecular complexity index is 388. The number of aryl methyl sites for hydroxylation is 1. The average Bonchev–Trinajstić information content (AvgIpc) is 3.02. The van der Waals surface area contributed by atoms with Crippen molar-refractivity contribution in [1.29, 1.82) is 0 Å². The van der Waals surface area contributed by atoms with Gasteiger partial charge in [0.1, 0.15) is 0 Å². The summed E-state index contributed by atoms with van der Waals surface area (Å²) in [7, 11) is 0. The molecule has 2 aliphatic heterocycles. The molecule has 2 saturated heterocycles. The maximum Gasteiger partial charge on any atom is 0.0397 e. The van der Waals surface area contributed by atoms with Crippen LogP contribution in [0.2, 0.25) is 0 Å². The molecule has 0 atom stereocenters. The maximum atomic E-state index is 2.53. The van der Waals surface area contributed by atoms with Crippen LogP contribution in [0.3, 0.4) is 0 Å². The van der Waals surface area contributed by atoms with Crippen molar-refractivity contribution in [3.8, 4) is 0 Å². The van der Waals surface area contributed by atoms with Crippen molar-refractivity contribution in [2.45, 2.75) is 32.6 Å². The molecule has 2 heteroatoms. The molecule has 0 amide bonds. The highest BCUT2D eigenvalue weighted by molar-refractivity contribution is 5.62. The fourth-order valence-electron chi connectivity index (χ4n) is 3.12. The zero-order valence-corrected chi connectivity index (χ0v) is 10.8. The van der Waals surface area contributed by atoms with Gasteiger partial charge in [0.25, 0.3) is 0 Å². The van der Waals surface area contributed by atoms with Gasteiger partial charge in [-0.1, -0.05) is 0 Å². The van der Waals surface area contributed by atoms with Crippen LogP contribution in [0.4, 0.5) is 11.4 Å². The van der Waals surface area contributed by atoms with E-state index in [1.807, 2.05) is 0 Å². The van der Waals surface area contributed by atoms with Gasteiger partial charge in [-0.05, 0) is 56.4 Å². The van der Waals surface area contributed by atoms with Crippen LogP contribution < -0.4 is 9.80 Å². The third-order valence-electron chi connectivity index (χ3n) is 4.10. The van der Waals surface area contributed by atoms with Crippen LogP contribution in [0, 0.1) is 6.92 Å². The zero-order chi connectivity index (χ0) is 11.7. The minimum atomic E-state index is 1.24. The molecule has 0 aromatic heterocycles. The van der Waals surface area contributed by atoms with Crippen LogP contribution in [-0.4, -0.2) is 26.2 Å². The van der Waals surface area contributed by atoms with Crippen LogP contribution in [-0.2, 0) is 0 Å². The summed E-state index contributed by atoms with van der Waals surface area (Å²) >= 11 is 0. The van der Waals surface area contributed by atoms with Gasteiger partial charge < -0.3 is 9.80 Å². The predicted molar refractivity (Wildman–Crippen MR) is 74.1 cm³/mol. The number of hydrogen-bond acceptors (Lipinski definition) is 2. The Morgan fingerprint density at radius 2 is 1.41 bits per heavy atom. The molecule has 0 unspecified atom stereocenters. The van der Waals surface area contributed by atoms with Crippen molar-refractivity contribution >= 4 is 11.4 Å². The molecular weight excluding hydrogens is 208 g/mol. The Hall–Kier alpha value is -1.18. The summed E-state index contributed by atoms with van der Waals surface area (Å²) in [5.41, 5.74) is 4.31. The molecule has 92 valence electrons. The van der Waals surface area contributed by atoms with Gasteiger partial charge in [-0.15, -0.1) is 0 Å². The summed E-state index contributed by atoms with van der Waals surface area (Å²) in [6.07, 6.45) is 5.42. The fraction of sp³-hybridized carbons (Fsp3) is 0.600. The van der Waals surface area contributed by atoms with Crippen molar-refractivity contribution in [2.75, 3.05) is 36.0 Å². The first-order valence-corrected chi connectivity index (χ1v) is 6.95. The van der Waals surface area contributed by atoms with E-state index in [4.69, 9.17) is 0 Å². The fourth-order valence-corrected chi connectivity index (χ4v) is 3.12. The zero-order valence-electron chi connectivity index (χ0n) is 10.8. The van der Waals surface area contributed by atoms with E-state index in [1.54, 1.807) is 0 Å². The molecule has 0 aliphatic carbocycles. The molecule has 3 rings (SSSR count). The van der Waals surface area contributed by atoms with Gasteiger partial charge in [-0.25, -0.2) is 0 Å². The molecule has 0 N–H and O–H groups in total. The first-order chi connectivity index (χ1) is 8.34. The number of benzene rings is 1. The molecule has 2 aliphatic rings. The second-order valence-electron chi connectivity index (χ2n) is 5.36. The second kappa shape index (κ2) is 4.59. The Morgan fingerprint density at radius 3 is 2.00 bits per heavy atom. The molecule has 0 bridgehead atoms. The van der Waals surface area contributed by atoms with E-state index in [2.05, 4.69) is 34.9 Å². The van der Waals surface area contributed by atoms with E-state index >= 15 is 0 Å². The molecule has 2 heterocycles. The van der Waals surface area contributed by atoms with E-state index in [9.17, 15) is 0 Å². The molecule has 2 nitrogen and oxygen atoms in total. The van der Waals surface area contributed by atoms with Gasteiger partial charge in [-0.2, -0.15) is 0 Å². The summed E-state index contributed by atoms with van der Waals surface area (Å²) in [5, 5.41) is 0. The Labute approximate surface area is 104 Å². The van der Waals surface area contributed by atoms with E-state index in [1.165, 1.54) is 68.8 Å². The number of nitrogens with zero attached hydrogens (tertiary/aromatic N) is 2. The first-order valence-electron chi connectivity index (χ1n) is 6.95. The number of rotatable bonds is 2. The third-order valence-corrected chi connectivity index (χ3v) is 4.10. The minimum absolute atomic E-state index is 1.24. The SMILES string of the molecule is Cc1cc(N2CCCC2)ccc1N1CCCC1. The lowest BCUT2D eigenvalue weighted by molar-refractivity contribution is 0.949. The van der Waals surface area contributed by atoms with Crippen LogP contribution >= 0.6 is 0 Å². The van der Waals surface area contributed by atoms with E-state index in [0.29, 0.717) is 0 Å². The smallest absolute Gasteiger partial charge is 0.0397 e. The third kappa shape index (κ3) is 2.13. The molecule has 1 aromatic rings. The van der Waals surface area contributed by atoms with Crippen LogP contribution in [0.1, 0.15) is 31.2 Å². The summed E-state index contributed by atoms with van der Waals surface area (Å²) in [4.78, 5) is 5.05. The number of hydrogen-bond donors (Lipinski definition) is 0. The van der Waals surface area contributed by atoms with E-state index in [-0.39, 0.29) is 0 Å². The largest absolute Gasteiger partial charge is 0.372 e. The lowest BCUT2D eigenvalue weighted by Crippen LogP contribution is -2.20. The molecule has 0 saturated carbocycles. The molecule has 0 spiro atoms. The number of anilines is 2. The normalized spacial score (nSPS) is 20.3. The highest BCUT2D eigenvalue weighted by Crippen LogP contribution is 2.29. The van der Waals surface area contributed by atoms with Gasteiger partial charge in [0, 0.05) is 37.6 Å². The van der Waals surface area contributed by atoms with Crippen molar-refractivity contribution in [1.82, 2.24) is 0 Å². The van der Waals surface area contributed by atoms with E-state index in [0.717, 1.165) is 0 Å². The molecular formula is C15H22N2. The highest BCUT2D eigenvalue weighted by Gasteiger charge is 2.16. The Balaban J connectivity index is 1.82. The topological polar surface area (TPSA) is 6.48 Å². The first kappa shape index (κ1) is 10.9. The molecule has 1 aromatic carbocycles. The lowest BCUT2D eigenvalue weighted by Gasteiger charge is -2.23. The van der Waals surface area contributed by atoms with Crippen molar-refractivity contribution < 1.29 is 0 Å². The maximum absolute atomic E-state index is 2.53. The highest BCUT2D eigenvalue weighted by atomic mass is 15.2. The van der Waals surface area contributed by atoms with E-state index < -0.39 is 0 Å². The standard InChI is InChI=1S/C15H22N2/c1-13-12-14(16-8-2-3-9-16)6-7-15(13)17-10-4-5-11-17/h6-7,12H,2-5,8-11H2,1H3. The lowest BCUT2D eigenvalue weighted by atomic mass is 10.1. The monoisotopic (exact) mass is 230 g/mol. The van der Waals surface area contributed by atoms with Crippen LogP contribution in [0.15, 0.2) is 18.2 Å².